The second-order valence-corrected chi connectivity index (χ2v) is 6.57. The molecule has 8 heteroatoms. The maximum atomic E-state index is 11.5. The number of thiophene rings is 1. The average Bonchev–Trinajstić information content (AvgIpc) is 3.12. The number of halogens is 1. The van der Waals surface area contributed by atoms with E-state index in [1.54, 1.807) is 23.3 Å². The van der Waals surface area contributed by atoms with Crippen molar-refractivity contribution in [2.75, 3.05) is 33.8 Å². The topological polar surface area (TPSA) is 66.0 Å². The van der Waals surface area contributed by atoms with Crippen LogP contribution in [-0.2, 0) is 4.74 Å². The number of nitrogens with zero attached hydrogens (tertiary/aromatic N) is 2. The third-order valence-electron chi connectivity index (χ3n) is 4.18. The Labute approximate surface area is 165 Å². The van der Waals surface area contributed by atoms with Gasteiger partial charge in [0.15, 0.2) is 5.96 Å². The minimum Gasteiger partial charge on any atom is -0.453 e. The first-order valence-corrected chi connectivity index (χ1v) is 8.90. The van der Waals surface area contributed by atoms with Crippen molar-refractivity contribution in [3.05, 3.63) is 22.4 Å². The molecule has 6 nitrogen and oxygen atoms in total. The number of amides is 1. The van der Waals surface area contributed by atoms with Gasteiger partial charge in [-0.05, 0) is 41.1 Å². The molecule has 136 valence electrons. The lowest BCUT2D eigenvalue weighted by molar-refractivity contribution is 0.111. The number of hydrogen-bond donors (Lipinski definition) is 2. The highest BCUT2D eigenvalue weighted by molar-refractivity contribution is 14.0. The summed E-state index contributed by atoms with van der Waals surface area (Å²) in [6, 6.07) is 2.49. The number of carbonyl (C=O) groups excluding carboxylic acids is 1. The quantitative estimate of drug-likeness (QED) is 0.407. The third-order valence-corrected chi connectivity index (χ3v) is 4.88. The summed E-state index contributed by atoms with van der Waals surface area (Å²) < 4.78 is 4.76. The fourth-order valence-corrected chi connectivity index (χ4v) is 3.43. The maximum absolute atomic E-state index is 11.5. The lowest BCUT2D eigenvalue weighted by Crippen LogP contribution is -2.50. The van der Waals surface area contributed by atoms with E-state index in [1.807, 2.05) is 0 Å². The van der Waals surface area contributed by atoms with Gasteiger partial charge in [-0.3, -0.25) is 4.99 Å². The van der Waals surface area contributed by atoms with Gasteiger partial charge in [0.2, 0.25) is 0 Å². The lowest BCUT2D eigenvalue weighted by atomic mass is 10.0. The first-order chi connectivity index (χ1) is 11.1. The Balaban J connectivity index is 0.00000288. The van der Waals surface area contributed by atoms with Gasteiger partial charge in [0.25, 0.3) is 0 Å². The molecule has 1 aliphatic heterocycles. The van der Waals surface area contributed by atoms with Crippen LogP contribution in [0.5, 0.6) is 0 Å². The van der Waals surface area contributed by atoms with E-state index in [4.69, 9.17) is 4.74 Å². The summed E-state index contributed by atoms with van der Waals surface area (Å²) in [5.74, 6) is 1.27. The van der Waals surface area contributed by atoms with Gasteiger partial charge < -0.3 is 20.3 Å². The van der Waals surface area contributed by atoms with E-state index in [9.17, 15) is 4.79 Å². The molecule has 1 atom stereocenters. The molecule has 0 saturated carbocycles. The second-order valence-electron chi connectivity index (χ2n) is 5.79. The van der Waals surface area contributed by atoms with E-state index in [1.165, 1.54) is 12.7 Å². The number of likely N-dealkylation sites (tertiary alicyclic amines) is 1. The van der Waals surface area contributed by atoms with Crippen LogP contribution in [0.4, 0.5) is 4.79 Å². The van der Waals surface area contributed by atoms with Crippen LogP contribution in [0.25, 0.3) is 0 Å². The van der Waals surface area contributed by atoms with Gasteiger partial charge >= 0.3 is 6.09 Å². The van der Waals surface area contributed by atoms with Crippen LogP contribution in [0, 0.1) is 0 Å². The molecule has 2 rings (SSSR count). The van der Waals surface area contributed by atoms with Crippen molar-refractivity contribution < 1.29 is 9.53 Å². The molecule has 0 aliphatic carbocycles. The van der Waals surface area contributed by atoms with Gasteiger partial charge in [0.1, 0.15) is 0 Å². The lowest BCUT2D eigenvalue weighted by Gasteiger charge is -2.32. The van der Waals surface area contributed by atoms with Crippen molar-refractivity contribution in [1.29, 1.82) is 0 Å². The number of piperidine rings is 1. The normalized spacial score (nSPS) is 17.0. The fourth-order valence-electron chi connectivity index (χ4n) is 2.65. The van der Waals surface area contributed by atoms with Crippen molar-refractivity contribution >= 4 is 47.4 Å². The van der Waals surface area contributed by atoms with Crippen LogP contribution in [0.1, 0.15) is 31.2 Å². The van der Waals surface area contributed by atoms with Crippen LogP contribution < -0.4 is 10.6 Å². The summed E-state index contributed by atoms with van der Waals surface area (Å²) >= 11 is 1.72. The van der Waals surface area contributed by atoms with Crippen molar-refractivity contribution in [2.45, 2.75) is 31.7 Å². The zero-order valence-electron chi connectivity index (χ0n) is 14.4. The Morgan fingerprint density at radius 1 is 1.50 bits per heavy atom. The molecular formula is C16H27IN4O2S. The molecule has 0 spiro atoms. The Morgan fingerprint density at radius 3 is 2.75 bits per heavy atom. The molecule has 1 amide bonds. The molecule has 1 aromatic heterocycles. The Bertz CT molecular complexity index is 516. The zero-order valence-corrected chi connectivity index (χ0v) is 17.6. The second kappa shape index (κ2) is 10.8. The van der Waals surface area contributed by atoms with Gasteiger partial charge in [-0.1, -0.05) is 6.92 Å². The van der Waals surface area contributed by atoms with E-state index in [0.29, 0.717) is 25.0 Å². The van der Waals surface area contributed by atoms with Crippen LogP contribution >= 0.6 is 35.3 Å². The molecule has 24 heavy (non-hydrogen) atoms. The van der Waals surface area contributed by atoms with Crippen molar-refractivity contribution in [2.24, 2.45) is 4.99 Å². The largest absolute Gasteiger partial charge is 0.453 e. The summed E-state index contributed by atoms with van der Waals surface area (Å²) in [5.41, 5.74) is 1.35. The third kappa shape index (κ3) is 6.12. The molecule has 1 aromatic rings. The van der Waals surface area contributed by atoms with Gasteiger partial charge in [-0.15, -0.1) is 24.0 Å². The molecule has 1 saturated heterocycles. The Morgan fingerprint density at radius 2 is 2.21 bits per heavy atom. The van der Waals surface area contributed by atoms with E-state index >= 15 is 0 Å². The van der Waals surface area contributed by atoms with Crippen LogP contribution in [0.15, 0.2) is 21.8 Å². The molecule has 2 N–H and O–H groups in total. The molecule has 0 radical (unpaired) electrons. The zero-order chi connectivity index (χ0) is 16.7. The number of aliphatic imine (C=N–C) groups is 1. The maximum Gasteiger partial charge on any atom is 0.409 e. The minimum absolute atomic E-state index is 0. The monoisotopic (exact) mass is 466 g/mol. The predicted octanol–water partition coefficient (Wildman–Crippen LogP) is 2.87. The number of nitrogens with one attached hydrogen (secondary N) is 2. The fraction of sp³-hybridized carbons (Fsp3) is 0.625. The van der Waals surface area contributed by atoms with Crippen LogP contribution in [0.3, 0.4) is 0 Å². The summed E-state index contributed by atoms with van der Waals surface area (Å²) in [6.07, 6.45) is 1.56. The summed E-state index contributed by atoms with van der Waals surface area (Å²) in [6.45, 7) is 4.48. The van der Waals surface area contributed by atoms with E-state index in [0.717, 1.165) is 25.3 Å². The molecular weight excluding hydrogens is 439 g/mol. The number of guanidine groups is 1. The molecule has 2 heterocycles. The number of carbonyl (C=O) groups is 1. The molecule has 1 fully saturated rings. The number of rotatable bonds is 4. The molecule has 0 aromatic carbocycles. The SMILES string of the molecule is CN=C(NCC(C)c1ccsc1)NC1CCN(C(=O)OC)CC1.I. The Hall–Kier alpha value is -1.03. The standard InChI is InChI=1S/C16H26N4O2S.HI/c1-12(13-6-9-23-11-13)10-18-15(17-2)19-14-4-7-20(8-5-14)16(21)22-3;/h6,9,11-12,14H,4-5,7-8,10H2,1-3H3,(H2,17,18,19);1H. The van der Waals surface area contributed by atoms with Gasteiger partial charge in [-0.2, -0.15) is 11.3 Å². The molecule has 0 bridgehead atoms. The van der Waals surface area contributed by atoms with E-state index in [-0.39, 0.29) is 30.1 Å². The van der Waals surface area contributed by atoms with Crippen LogP contribution in [-0.4, -0.2) is 56.8 Å². The summed E-state index contributed by atoms with van der Waals surface area (Å²) in [7, 11) is 3.21. The van der Waals surface area contributed by atoms with Crippen molar-refractivity contribution in [1.82, 2.24) is 15.5 Å². The van der Waals surface area contributed by atoms with Gasteiger partial charge in [0.05, 0.1) is 7.11 Å². The average molecular weight is 466 g/mol. The van der Waals surface area contributed by atoms with Crippen molar-refractivity contribution in [3.63, 3.8) is 0 Å². The van der Waals surface area contributed by atoms with Gasteiger partial charge in [-0.25, -0.2) is 4.79 Å². The van der Waals surface area contributed by atoms with E-state index < -0.39 is 0 Å². The van der Waals surface area contributed by atoms with Gasteiger partial charge in [0, 0.05) is 32.7 Å². The Kier molecular flexibility index (Phi) is 9.42. The van der Waals surface area contributed by atoms with E-state index in [2.05, 4.69) is 39.4 Å². The number of methoxy groups -OCH3 is 1. The van der Waals surface area contributed by atoms with Crippen LogP contribution in [0.2, 0.25) is 0 Å². The highest BCUT2D eigenvalue weighted by Gasteiger charge is 2.23. The highest BCUT2D eigenvalue weighted by atomic mass is 127. The molecule has 1 unspecified atom stereocenters. The first kappa shape index (κ1) is 21.0. The minimum atomic E-state index is -0.240. The predicted molar refractivity (Wildman–Crippen MR) is 110 cm³/mol. The molecule has 1 aliphatic rings. The summed E-state index contributed by atoms with van der Waals surface area (Å²) in [5, 5.41) is 11.1. The highest BCUT2D eigenvalue weighted by Crippen LogP contribution is 2.17. The number of hydrogen-bond acceptors (Lipinski definition) is 4. The van der Waals surface area contributed by atoms with Crippen molar-refractivity contribution in [3.8, 4) is 0 Å². The first-order valence-electron chi connectivity index (χ1n) is 7.96. The summed E-state index contributed by atoms with van der Waals surface area (Å²) in [4.78, 5) is 17.5. The number of ether oxygens (including phenoxy) is 1. The smallest absolute Gasteiger partial charge is 0.409 e.